The van der Waals surface area contributed by atoms with Gasteiger partial charge in [0.1, 0.15) is 0 Å². The molecule has 1 aliphatic carbocycles. The zero-order valence-electron chi connectivity index (χ0n) is 56.8. The van der Waals surface area contributed by atoms with E-state index in [1.165, 1.54) is 110 Å². The second-order valence-corrected chi connectivity index (χ2v) is 27.5. The van der Waals surface area contributed by atoms with Crippen molar-refractivity contribution in [3.05, 3.63) is 417 Å². The Bertz CT molecular complexity index is 6200. The average Bonchev–Trinajstić information content (AvgIpc) is 1.44. The summed E-state index contributed by atoms with van der Waals surface area (Å²) in [5.74, 6) is 0. The number of aromatic nitrogens is 2. The van der Waals surface area contributed by atoms with Gasteiger partial charge in [-0.15, -0.1) is 0 Å². The van der Waals surface area contributed by atoms with Gasteiger partial charge in [0.25, 0.3) is 0 Å². The van der Waals surface area contributed by atoms with Crippen LogP contribution in [0.3, 0.4) is 0 Å². The fraction of sp³-hybridized carbons (Fsp3) is 0.0101. The Labute approximate surface area is 603 Å². The summed E-state index contributed by atoms with van der Waals surface area (Å²) in [6, 6.07) is 146. The van der Waals surface area contributed by atoms with E-state index in [0.29, 0.717) is 0 Å². The number of anilines is 9. The maximum Gasteiger partial charge on any atom is 0.0755 e. The highest BCUT2D eigenvalue weighted by atomic mass is 15.2. The third-order valence-electron chi connectivity index (χ3n) is 22.0. The van der Waals surface area contributed by atoms with E-state index < -0.39 is 5.41 Å². The first-order valence-corrected chi connectivity index (χ1v) is 35.9. The molecule has 0 bridgehead atoms. The molecule has 0 radical (unpaired) electrons. The molecule has 19 aromatic rings. The molecule has 0 fully saturated rings. The largest absolute Gasteiger partial charge is 0.310 e. The Hall–Kier alpha value is -13.7. The van der Waals surface area contributed by atoms with Gasteiger partial charge in [-0.2, -0.15) is 0 Å². The Kier molecular flexibility index (Phi) is 13.5. The van der Waals surface area contributed by atoms with Gasteiger partial charge in [-0.3, -0.25) is 0 Å². The van der Waals surface area contributed by atoms with Crippen molar-refractivity contribution in [2.45, 2.75) is 5.41 Å². The molecular formula is C99H65N5. The lowest BCUT2D eigenvalue weighted by Crippen LogP contribution is -2.36. The zero-order chi connectivity index (χ0) is 68.4. The number of hydrogen-bond acceptors (Lipinski definition) is 3. The van der Waals surface area contributed by atoms with Crippen LogP contribution >= 0.6 is 0 Å². The molecule has 17 aromatic carbocycles. The maximum atomic E-state index is 2.53. The average molecular weight is 1320 g/mol. The van der Waals surface area contributed by atoms with Crippen molar-refractivity contribution in [2.75, 3.05) is 14.7 Å². The first-order chi connectivity index (χ1) is 51.6. The molecule has 0 amide bonds. The van der Waals surface area contributed by atoms with E-state index in [-0.39, 0.29) is 0 Å². The number of fused-ring (bicyclic) bond motifs is 19. The number of hydrogen-bond donors (Lipinski definition) is 0. The van der Waals surface area contributed by atoms with Crippen LogP contribution in [-0.2, 0) is 5.41 Å². The summed E-state index contributed by atoms with van der Waals surface area (Å²) in [6.07, 6.45) is 0. The summed E-state index contributed by atoms with van der Waals surface area (Å²) in [6.45, 7) is 0. The fourth-order valence-electron chi connectivity index (χ4n) is 17.5. The van der Waals surface area contributed by atoms with Gasteiger partial charge in [-0.05, 0) is 200 Å². The van der Waals surface area contributed by atoms with Gasteiger partial charge in [0, 0.05) is 83.5 Å². The Morgan fingerprint density at radius 1 is 0.212 bits per heavy atom. The number of para-hydroxylation sites is 5. The van der Waals surface area contributed by atoms with E-state index in [0.717, 1.165) is 73.6 Å². The predicted molar refractivity (Wildman–Crippen MR) is 436 cm³/mol. The minimum atomic E-state index is -0.817. The molecule has 3 heterocycles. The fourth-order valence-corrected chi connectivity index (χ4v) is 17.5. The molecule has 1 aliphatic heterocycles. The monoisotopic (exact) mass is 1320 g/mol. The Balaban J connectivity index is 0.773. The van der Waals surface area contributed by atoms with Crippen LogP contribution in [0, 0.1) is 0 Å². The lowest BCUT2D eigenvalue weighted by molar-refractivity contribution is 0.752. The van der Waals surface area contributed by atoms with Gasteiger partial charge in [0.15, 0.2) is 0 Å². The number of nitrogens with zero attached hydrogens (tertiary/aromatic N) is 5. The lowest BCUT2D eigenvalue weighted by atomic mass is 9.64. The molecule has 0 saturated carbocycles. The van der Waals surface area contributed by atoms with E-state index in [2.05, 4.69) is 418 Å². The molecule has 2 aliphatic rings. The first-order valence-electron chi connectivity index (χ1n) is 35.9. The van der Waals surface area contributed by atoms with Gasteiger partial charge in [0.2, 0.25) is 0 Å². The molecule has 486 valence electrons. The van der Waals surface area contributed by atoms with Crippen molar-refractivity contribution in [1.82, 2.24) is 9.13 Å². The number of benzene rings is 17. The van der Waals surface area contributed by atoms with Crippen LogP contribution < -0.4 is 14.7 Å². The molecule has 0 saturated heterocycles. The third-order valence-corrected chi connectivity index (χ3v) is 22.0. The van der Waals surface area contributed by atoms with Crippen molar-refractivity contribution in [2.24, 2.45) is 0 Å². The van der Waals surface area contributed by atoms with Crippen LogP contribution in [0.5, 0.6) is 0 Å². The Morgan fingerprint density at radius 2 is 0.567 bits per heavy atom. The molecular weight excluding hydrogens is 1260 g/mol. The van der Waals surface area contributed by atoms with E-state index in [9.17, 15) is 0 Å². The number of rotatable bonds is 11. The van der Waals surface area contributed by atoms with Crippen molar-refractivity contribution in [3.63, 3.8) is 0 Å². The first kappa shape index (κ1) is 59.2. The summed E-state index contributed by atoms with van der Waals surface area (Å²) in [5, 5.41) is 9.61. The summed E-state index contributed by atoms with van der Waals surface area (Å²) in [7, 11) is 0. The van der Waals surface area contributed by atoms with E-state index in [1.54, 1.807) is 0 Å². The third kappa shape index (κ3) is 9.07. The second-order valence-electron chi connectivity index (χ2n) is 27.5. The van der Waals surface area contributed by atoms with Gasteiger partial charge in [-0.25, -0.2) is 0 Å². The molecule has 1 spiro atoms. The molecule has 2 aromatic heterocycles. The smallest absolute Gasteiger partial charge is 0.0755 e. The highest BCUT2D eigenvalue weighted by Gasteiger charge is 2.52. The van der Waals surface area contributed by atoms with Crippen LogP contribution in [0.4, 0.5) is 51.2 Å². The standard InChI is InChI=1S/C99H65N5/c1-6-24-66(25-7-1)68-42-48-75(49-43-68)103-93-60-54-77(62-87(93)85-56-46-70-28-16-18-36-81(70)97(85)103)100(72-30-10-3-11-31-72)79-52-58-83-84-59-53-80(65-92(84)99(91(83)64-79)89-38-20-22-40-95(89)102(74-34-14-5-15-35-74)96-41-23-21-39-90(96)99)101(73-32-12-4-13-33-73)78-55-61-94-88(63-78)86-57-47-71-29-17-19-37-82(71)98(86)104(94)76-50-44-69(45-51-76)67-26-8-2-9-27-67/h1-65H. The van der Waals surface area contributed by atoms with Crippen molar-refractivity contribution >= 4 is 116 Å². The van der Waals surface area contributed by atoms with Crippen molar-refractivity contribution in [3.8, 4) is 44.8 Å². The van der Waals surface area contributed by atoms with E-state index in [4.69, 9.17) is 0 Å². The summed E-state index contributed by atoms with van der Waals surface area (Å²) in [5.41, 5.74) is 27.9. The SMILES string of the molecule is c1ccc(-c2ccc(-n3c4ccc(N(c5ccccc5)c5ccc6c(c5)C5(c7cc(N(c8ccccc8)c8ccc9c(c8)c8ccc%10ccccc%10c8n9-c8ccc(-c9ccccc9)cc8)ccc7-6)c6ccccc6N(c6ccccc6)c6ccccc65)cc4c4ccc5ccccc5c43)cc2)cc1. The molecule has 0 unspecified atom stereocenters. The summed E-state index contributed by atoms with van der Waals surface area (Å²) >= 11 is 0. The van der Waals surface area contributed by atoms with Crippen molar-refractivity contribution in [1.29, 1.82) is 0 Å². The predicted octanol–water partition coefficient (Wildman–Crippen LogP) is 26.6. The molecule has 104 heavy (non-hydrogen) atoms. The second kappa shape index (κ2) is 23.7. The van der Waals surface area contributed by atoms with Gasteiger partial charge in [-0.1, -0.05) is 261 Å². The molecule has 5 heteroatoms. The maximum absolute atomic E-state index is 2.53. The Morgan fingerprint density at radius 3 is 1.01 bits per heavy atom. The molecule has 0 atom stereocenters. The normalized spacial score (nSPS) is 12.7. The van der Waals surface area contributed by atoms with Crippen LogP contribution in [0.25, 0.3) is 110 Å². The topological polar surface area (TPSA) is 19.6 Å². The quantitative estimate of drug-likeness (QED) is 0.129. The highest BCUT2D eigenvalue weighted by molar-refractivity contribution is 6.21. The van der Waals surface area contributed by atoms with Crippen LogP contribution in [-0.4, -0.2) is 9.13 Å². The minimum Gasteiger partial charge on any atom is -0.310 e. The summed E-state index contributed by atoms with van der Waals surface area (Å²) < 4.78 is 4.95. The van der Waals surface area contributed by atoms with Crippen LogP contribution in [0.15, 0.2) is 394 Å². The van der Waals surface area contributed by atoms with Gasteiger partial charge in [0.05, 0.1) is 38.9 Å². The van der Waals surface area contributed by atoms with Crippen LogP contribution in [0.2, 0.25) is 0 Å². The van der Waals surface area contributed by atoms with Crippen molar-refractivity contribution < 1.29 is 0 Å². The van der Waals surface area contributed by atoms with Gasteiger partial charge >= 0.3 is 0 Å². The van der Waals surface area contributed by atoms with Gasteiger partial charge < -0.3 is 23.8 Å². The minimum absolute atomic E-state index is 0.817. The lowest BCUT2D eigenvalue weighted by Gasteiger charge is -2.45. The molecule has 5 nitrogen and oxygen atoms in total. The zero-order valence-corrected chi connectivity index (χ0v) is 56.8. The van der Waals surface area contributed by atoms with E-state index >= 15 is 0 Å². The van der Waals surface area contributed by atoms with E-state index in [1.807, 2.05) is 0 Å². The molecule has 21 rings (SSSR count). The van der Waals surface area contributed by atoms with Crippen LogP contribution in [0.1, 0.15) is 22.3 Å². The molecule has 0 N–H and O–H groups in total. The summed E-state index contributed by atoms with van der Waals surface area (Å²) in [4.78, 5) is 7.43. The highest BCUT2D eigenvalue weighted by Crippen LogP contribution is 2.65.